The number of benzene rings is 1. The Morgan fingerprint density at radius 2 is 1.46 bits per heavy atom. The number of piperazine rings is 1. The first kappa shape index (κ1) is 17.2. The van der Waals surface area contributed by atoms with Crippen molar-refractivity contribution in [3.05, 3.63) is 30.3 Å². The summed E-state index contributed by atoms with van der Waals surface area (Å²) in [6, 6.07) is 8.53. The summed E-state index contributed by atoms with van der Waals surface area (Å²) in [5.74, 6) is 0.682. The van der Waals surface area contributed by atoms with E-state index in [4.69, 9.17) is 0 Å². The van der Waals surface area contributed by atoms with Crippen molar-refractivity contribution in [2.45, 2.75) is 24.7 Å². The highest BCUT2D eigenvalue weighted by molar-refractivity contribution is 7.89. The van der Waals surface area contributed by atoms with Crippen LogP contribution in [0.3, 0.4) is 0 Å². The monoisotopic (exact) mass is 351 g/mol. The lowest BCUT2D eigenvalue weighted by Gasteiger charge is -2.39. The molecule has 2 heterocycles. The Labute approximate surface area is 144 Å². The average Bonchev–Trinajstić information content (AvgIpc) is 2.62. The lowest BCUT2D eigenvalue weighted by molar-refractivity contribution is 0.119. The van der Waals surface area contributed by atoms with E-state index >= 15 is 0 Å². The molecule has 3 rings (SSSR count). The number of amides is 2. The second-order valence-electron chi connectivity index (χ2n) is 6.66. The van der Waals surface area contributed by atoms with Crippen molar-refractivity contribution in [1.29, 1.82) is 0 Å². The molecule has 0 N–H and O–H groups in total. The SMILES string of the molecule is CC1CCN(C(=O)N2CCN(S(=O)(=O)c3ccccc3)CC2)CC1. The third-order valence-electron chi connectivity index (χ3n) is 4.94. The van der Waals surface area contributed by atoms with Crippen LogP contribution in [0.15, 0.2) is 35.2 Å². The molecule has 0 bridgehead atoms. The molecule has 6 nitrogen and oxygen atoms in total. The number of carbonyl (C=O) groups excluding carboxylic acids is 1. The first-order valence-corrected chi connectivity index (χ1v) is 10.0. The maximum Gasteiger partial charge on any atom is 0.320 e. The molecule has 24 heavy (non-hydrogen) atoms. The number of carbonyl (C=O) groups is 1. The topological polar surface area (TPSA) is 60.9 Å². The zero-order valence-corrected chi connectivity index (χ0v) is 14.9. The number of likely N-dealkylation sites (tertiary alicyclic amines) is 1. The van der Waals surface area contributed by atoms with Crippen molar-refractivity contribution in [3.63, 3.8) is 0 Å². The molecule has 0 spiro atoms. The molecular weight excluding hydrogens is 326 g/mol. The number of rotatable bonds is 2. The molecule has 0 radical (unpaired) electrons. The highest BCUT2D eigenvalue weighted by Gasteiger charge is 2.32. The van der Waals surface area contributed by atoms with Crippen molar-refractivity contribution in [2.24, 2.45) is 5.92 Å². The van der Waals surface area contributed by atoms with E-state index in [0.29, 0.717) is 37.0 Å². The van der Waals surface area contributed by atoms with Crippen LogP contribution in [0.2, 0.25) is 0 Å². The number of urea groups is 1. The number of nitrogens with zero attached hydrogens (tertiary/aromatic N) is 3. The van der Waals surface area contributed by atoms with Gasteiger partial charge in [-0.1, -0.05) is 25.1 Å². The quantitative estimate of drug-likeness (QED) is 0.817. The summed E-state index contributed by atoms with van der Waals surface area (Å²) in [4.78, 5) is 16.6. The van der Waals surface area contributed by atoms with Crippen LogP contribution in [0.25, 0.3) is 0 Å². The molecule has 1 aromatic rings. The van der Waals surface area contributed by atoms with E-state index < -0.39 is 10.0 Å². The van der Waals surface area contributed by atoms with Crippen LogP contribution in [0.4, 0.5) is 4.79 Å². The van der Waals surface area contributed by atoms with Crippen LogP contribution >= 0.6 is 0 Å². The van der Waals surface area contributed by atoms with E-state index in [0.717, 1.165) is 25.9 Å². The smallest absolute Gasteiger partial charge is 0.320 e. The van der Waals surface area contributed by atoms with E-state index in [-0.39, 0.29) is 6.03 Å². The fraction of sp³-hybridized carbons (Fsp3) is 0.588. The predicted molar refractivity (Wildman–Crippen MR) is 92.1 cm³/mol. The van der Waals surface area contributed by atoms with Crippen LogP contribution in [-0.4, -0.2) is 67.8 Å². The first-order chi connectivity index (χ1) is 11.5. The molecule has 2 saturated heterocycles. The van der Waals surface area contributed by atoms with Crippen molar-refractivity contribution in [1.82, 2.24) is 14.1 Å². The van der Waals surface area contributed by atoms with E-state index in [1.807, 2.05) is 4.90 Å². The van der Waals surface area contributed by atoms with Crippen LogP contribution in [0, 0.1) is 5.92 Å². The van der Waals surface area contributed by atoms with Gasteiger partial charge in [0.25, 0.3) is 0 Å². The minimum Gasteiger partial charge on any atom is -0.325 e. The van der Waals surface area contributed by atoms with Crippen molar-refractivity contribution in [3.8, 4) is 0 Å². The normalized spacial score (nSPS) is 21.0. The van der Waals surface area contributed by atoms with E-state index in [1.165, 1.54) is 4.31 Å². The minimum atomic E-state index is -3.46. The van der Waals surface area contributed by atoms with E-state index in [2.05, 4.69) is 6.92 Å². The summed E-state index contributed by atoms with van der Waals surface area (Å²) in [5.41, 5.74) is 0. The molecule has 2 aliphatic rings. The minimum absolute atomic E-state index is 0.0543. The molecule has 2 amide bonds. The van der Waals surface area contributed by atoms with E-state index in [1.54, 1.807) is 35.2 Å². The lowest BCUT2D eigenvalue weighted by atomic mass is 9.99. The summed E-state index contributed by atoms with van der Waals surface area (Å²) in [7, 11) is -3.46. The average molecular weight is 351 g/mol. The molecule has 2 aliphatic heterocycles. The molecule has 1 aromatic carbocycles. The van der Waals surface area contributed by atoms with Gasteiger partial charge in [-0.3, -0.25) is 0 Å². The summed E-state index contributed by atoms with van der Waals surface area (Å²) in [6.45, 7) is 5.45. The van der Waals surface area contributed by atoms with Gasteiger partial charge in [0.2, 0.25) is 10.0 Å². The zero-order chi connectivity index (χ0) is 17.2. The van der Waals surface area contributed by atoms with Crippen LogP contribution < -0.4 is 0 Å². The molecule has 7 heteroatoms. The lowest BCUT2D eigenvalue weighted by Crippen LogP contribution is -2.54. The van der Waals surface area contributed by atoms with E-state index in [9.17, 15) is 13.2 Å². The second-order valence-corrected chi connectivity index (χ2v) is 8.59. The highest BCUT2D eigenvalue weighted by Crippen LogP contribution is 2.20. The number of sulfonamides is 1. The van der Waals surface area contributed by atoms with Gasteiger partial charge in [0.1, 0.15) is 0 Å². The molecule has 0 aliphatic carbocycles. The van der Waals surface area contributed by atoms with Gasteiger partial charge in [0.15, 0.2) is 0 Å². The number of hydrogen-bond acceptors (Lipinski definition) is 3. The standard InChI is InChI=1S/C17H25N3O3S/c1-15-7-9-18(10-8-15)17(21)19-11-13-20(14-12-19)24(22,23)16-5-3-2-4-6-16/h2-6,15H,7-14H2,1H3. The fourth-order valence-corrected chi connectivity index (χ4v) is 4.70. The van der Waals surface area contributed by atoms with Gasteiger partial charge < -0.3 is 9.80 Å². The fourth-order valence-electron chi connectivity index (χ4n) is 3.26. The van der Waals surface area contributed by atoms with Crippen molar-refractivity contribution >= 4 is 16.1 Å². The maximum atomic E-state index is 12.6. The molecular formula is C17H25N3O3S. The van der Waals surface area contributed by atoms with Gasteiger partial charge in [-0.25, -0.2) is 13.2 Å². The van der Waals surface area contributed by atoms with Crippen LogP contribution in [-0.2, 0) is 10.0 Å². The zero-order valence-electron chi connectivity index (χ0n) is 14.1. The third kappa shape index (κ3) is 3.57. The van der Waals surface area contributed by atoms with Gasteiger partial charge in [-0.05, 0) is 30.9 Å². The van der Waals surface area contributed by atoms with Crippen LogP contribution in [0.1, 0.15) is 19.8 Å². The highest BCUT2D eigenvalue weighted by atomic mass is 32.2. The van der Waals surface area contributed by atoms with Crippen LogP contribution in [0.5, 0.6) is 0 Å². The van der Waals surface area contributed by atoms with Gasteiger partial charge >= 0.3 is 6.03 Å². The van der Waals surface area contributed by atoms with Crippen molar-refractivity contribution in [2.75, 3.05) is 39.3 Å². The molecule has 0 aromatic heterocycles. The second kappa shape index (κ2) is 7.11. The van der Waals surface area contributed by atoms with Crippen molar-refractivity contribution < 1.29 is 13.2 Å². The largest absolute Gasteiger partial charge is 0.325 e. The summed E-state index contributed by atoms with van der Waals surface area (Å²) >= 11 is 0. The Hall–Kier alpha value is -1.60. The van der Waals surface area contributed by atoms with Gasteiger partial charge in [0, 0.05) is 39.3 Å². The molecule has 0 unspecified atom stereocenters. The Bertz CT molecular complexity index is 662. The summed E-state index contributed by atoms with van der Waals surface area (Å²) < 4.78 is 26.7. The van der Waals surface area contributed by atoms with Gasteiger partial charge in [-0.2, -0.15) is 4.31 Å². The Morgan fingerprint density at radius 1 is 0.917 bits per heavy atom. The number of hydrogen-bond donors (Lipinski definition) is 0. The molecule has 132 valence electrons. The molecule has 0 saturated carbocycles. The maximum absolute atomic E-state index is 12.6. The first-order valence-electron chi connectivity index (χ1n) is 8.57. The summed E-state index contributed by atoms with van der Waals surface area (Å²) in [6.07, 6.45) is 2.10. The Balaban J connectivity index is 1.59. The molecule has 2 fully saturated rings. The Morgan fingerprint density at radius 3 is 2.04 bits per heavy atom. The molecule has 0 atom stereocenters. The third-order valence-corrected chi connectivity index (χ3v) is 6.86. The van der Waals surface area contributed by atoms with Gasteiger partial charge in [-0.15, -0.1) is 0 Å². The Kier molecular flexibility index (Phi) is 5.10. The van der Waals surface area contributed by atoms with Gasteiger partial charge in [0.05, 0.1) is 4.90 Å². The predicted octanol–water partition coefficient (Wildman–Crippen LogP) is 1.84. The number of piperidine rings is 1. The summed E-state index contributed by atoms with van der Waals surface area (Å²) in [5, 5.41) is 0.